The molecule has 0 bridgehead atoms. The van der Waals surface area contributed by atoms with Crippen molar-refractivity contribution in [3.8, 4) is 6.07 Å². The summed E-state index contributed by atoms with van der Waals surface area (Å²) in [6.45, 7) is 0.269. The minimum atomic E-state index is -3.51. The van der Waals surface area contributed by atoms with Crippen molar-refractivity contribution in [2.24, 2.45) is 0 Å². The van der Waals surface area contributed by atoms with Crippen LogP contribution in [0.3, 0.4) is 0 Å². The molecule has 2 aromatic rings. The Labute approximate surface area is 128 Å². The Morgan fingerprint density at radius 1 is 1.23 bits per heavy atom. The maximum atomic E-state index is 13.5. The lowest BCUT2D eigenvalue weighted by atomic mass is 10.1. The van der Waals surface area contributed by atoms with Crippen LogP contribution in [-0.4, -0.2) is 15.5 Å². The standard InChI is InChI=1S/C15H14FN3O2S/c1-18-22(20,21)12-5-2-4-11(8-12)10-19-15-7-3-6-14(16)13(15)9-17/h2-8,18-19H,10H2,1H3. The second kappa shape index (κ2) is 6.56. The molecule has 2 rings (SSSR count). The number of hydrogen-bond donors (Lipinski definition) is 2. The molecule has 0 atom stereocenters. The number of anilines is 1. The third-order valence-corrected chi connectivity index (χ3v) is 4.50. The van der Waals surface area contributed by atoms with E-state index in [-0.39, 0.29) is 17.0 Å². The number of hydrogen-bond acceptors (Lipinski definition) is 4. The molecule has 0 heterocycles. The minimum Gasteiger partial charge on any atom is -0.380 e. The predicted molar refractivity (Wildman–Crippen MR) is 81.1 cm³/mol. The van der Waals surface area contributed by atoms with E-state index < -0.39 is 15.8 Å². The number of nitrogens with one attached hydrogen (secondary N) is 2. The lowest BCUT2D eigenvalue weighted by Gasteiger charge is -2.10. The van der Waals surface area contributed by atoms with E-state index >= 15 is 0 Å². The molecule has 0 unspecified atom stereocenters. The van der Waals surface area contributed by atoms with Gasteiger partial charge in [-0.15, -0.1) is 0 Å². The molecule has 2 N–H and O–H groups in total. The predicted octanol–water partition coefficient (Wildman–Crippen LogP) is 2.22. The Morgan fingerprint density at radius 2 is 1.95 bits per heavy atom. The fourth-order valence-corrected chi connectivity index (χ4v) is 2.72. The van der Waals surface area contributed by atoms with Crippen molar-refractivity contribution in [2.75, 3.05) is 12.4 Å². The molecular formula is C15H14FN3O2S. The highest BCUT2D eigenvalue weighted by atomic mass is 32.2. The third-order valence-electron chi connectivity index (χ3n) is 3.09. The quantitative estimate of drug-likeness (QED) is 0.885. The Hall–Kier alpha value is -2.43. The maximum absolute atomic E-state index is 13.5. The summed E-state index contributed by atoms with van der Waals surface area (Å²) in [5.74, 6) is -0.598. The van der Waals surface area contributed by atoms with Gasteiger partial charge in [-0.3, -0.25) is 0 Å². The van der Waals surface area contributed by atoms with E-state index in [1.54, 1.807) is 24.3 Å². The van der Waals surface area contributed by atoms with E-state index in [0.29, 0.717) is 11.3 Å². The maximum Gasteiger partial charge on any atom is 0.240 e. The molecule has 0 spiro atoms. The van der Waals surface area contributed by atoms with Crippen molar-refractivity contribution >= 4 is 15.7 Å². The largest absolute Gasteiger partial charge is 0.380 e. The van der Waals surface area contributed by atoms with Gasteiger partial charge in [0, 0.05) is 6.54 Å². The van der Waals surface area contributed by atoms with E-state index in [2.05, 4.69) is 10.0 Å². The van der Waals surface area contributed by atoms with Crippen LogP contribution in [-0.2, 0) is 16.6 Å². The van der Waals surface area contributed by atoms with Crippen LogP contribution in [0.5, 0.6) is 0 Å². The van der Waals surface area contributed by atoms with Crippen LogP contribution >= 0.6 is 0 Å². The molecule has 0 amide bonds. The van der Waals surface area contributed by atoms with Gasteiger partial charge in [-0.25, -0.2) is 17.5 Å². The summed E-state index contributed by atoms with van der Waals surface area (Å²) in [6.07, 6.45) is 0. The lowest BCUT2D eigenvalue weighted by Crippen LogP contribution is -2.18. The molecule has 0 aromatic heterocycles. The van der Waals surface area contributed by atoms with Gasteiger partial charge in [-0.05, 0) is 36.9 Å². The van der Waals surface area contributed by atoms with E-state index in [1.807, 2.05) is 0 Å². The summed E-state index contributed by atoms with van der Waals surface area (Å²) in [7, 11) is -2.17. The first-order valence-corrected chi connectivity index (χ1v) is 7.91. The van der Waals surface area contributed by atoms with Crippen LogP contribution < -0.4 is 10.0 Å². The molecular weight excluding hydrogens is 305 g/mol. The zero-order valence-corrected chi connectivity index (χ0v) is 12.6. The highest BCUT2D eigenvalue weighted by Gasteiger charge is 2.12. The molecule has 7 heteroatoms. The van der Waals surface area contributed by atoms with Crippen molar-refractivity contribution in [1.82, 2.24) is 4.72 Å². The van der Waals surface area contributed by atoms with Gasteiger partial charge in [-0.2, -0.15) is 5.26 Å². The van der Waals surface area contributed by atoms with Crippen molar-refractivity contribution in [1.29, 1.82) is 5.26 Å². The van der Waals surface area contributed by atoms with Gasteiger partial charge >= 0.3 is 0 Å². The SMILES string of the molecule is CNS(=O)(=O)c1cccc(CNc2cccc(F)c2C#N)c1. The van der Waals surface area contributed by atoms with Gasteiger partial charge in [0.05, 0.1) is 10.6 Å². The number of nitrogens with zero attached hydrogens (tertiary/aromatic N) is 1. The van der Waals surface area contributed by atoms with Crippen LogP contribution in [0.25, 0.3) is 0 Å². The fraction of sp³-hybridized carbons (Fsp3) is 0.133. The first-order valence-electron chi connectivity index (χ1n) is 6.43. The summed E-state index contributed by atoms with van der Waals surface area (Å²) in [5.41, 5.74) is 0.996. The van der Waals surface area contributed by atoms with E-state index in [0.717, 1.165) is 0 Å². The van der Waals surface area contributed by atoms with Crippen molar-refractivity contribution in [3.05, 3.63) is 59.4 Å². The van der Waals surface area contributed by atoms with E-state index in [9.17, 15) is 12.8 Å². The minimum absolute atomic E-state index is 0.0681. The normalized spacial score (nSPS) is 11.0. The highest BCUT2D eigenvalue weighted by Crippen LogP contribution is 2.19. The summed E-state index contributed by atoms with van der Waals surface area (Å²) in [6, 6.07) is 12.5. The highest BCUT2D eigenvalue weighted by molar-refractivity contribution is 7.89. The number of rotatable bonds is 5. The second-order valence-electron chi connectivity index (χ2n) is 4.48. The Bertz CT molecular complexity index is 829. The van der Waals surface area contributed by atoms with Crippen LogP contribution in [0.15, 0.2) is 47.4 Å². The molecule has 0 saturated heterocycles. The Kier molecular flexibility index (Phi) is 4.75. The number of halogens is 1. The fourth-order valence-electron chi connectivity index (χ4n) is 1.92. The monoisotopic (exact) mass is 319 g/mol. The van der Waals surface area contributed by atoms with Crippen molar-refractivity contribution in [3.63, 3.8) is 0 Å². The molecule has 22 heavy (non-hydrogen) atoms. The smallest absolute Gasteiger partial charge is 0.240 e. The van der Waals surface area contributed by atoms with Crippen molar-refractivity contribution in [2.45, 2.75) is 11.4 Å². The first-order chi connectivity index (χ1) is 10.5. The summed E-state index contributed by atoms with van der Waals surface area (Å²) < 4.78 is 39.2. The van der Waals surface area contributed by atoms with Crippen LogP contribution in [0.4, 0.5) is 10.1 Å². The molecule has 0 radical (unpaired) electrons. The first kappa shape index (κ1) is 15.9. The molecule has 5 nitrogen and oxygen atoms in total. The summed E-state index contributed by atoms with van der Waals surface area (Å²) in [4.78, 5) is 0.147. The summed E-state index contributed by atoms with van der Waals surface area (Å²) in [5, 5.41) is 11.9. The number of nitriles is 1. The molecule has 0 fully saturated rings. The second-order valence-corrected chi connectivity index (χ2v) is 6.37. The van der Waals surface area contributed by atoms with Gasteiger partial charge < -0.3 is 5.32 Å². The number of sulfonamides is 1. The number of benzene rings is 2. The Morgan fingerprint density at radius 3 is 2.64 bits per heavy atom. The molecule has 2 aromatic carbocycles. The van der Waals surface area contributed by atoms with Gasteiger partial charge in [0.1, 0.15) is 17.4 Å². The van der Waals surface area contributed by atoms with Crippen LogP contribution in [0.2, 0.25) is 0 Å². The lowest BCUT2D eigenvalue weighted by molar-refractivity contribution is 0.588. The topological polar surface area (TPSA) is 82.0 Å². The van der Waals surface area contributed by atoms with Gasteiger partial charge in [0.2, 0.25) is 10.0 Å². The van der Waals surface area contributed by atoms with Crippen molar-refractivity contribution < 1.29 is 12.8 Å². The molecule has 0 aliphatic carbocycles. The molecule has 0 aliphatic rings. The molecule has 114 valence electrons. The average Bonchev–Trinajstić information content (AvgIpc) is 2.53. The average molecular weight is 319 g/mol. The van der Waals surface area contributed by atoms with Crippen LogP contribution in [0, 0.1) is 17.1 Å². The zero-order chi connectivity index (χ0) is 16.2. The Balaban J connectivity index is 2.22. The zero-order valence-electron chi connectivity index (χ0n) is 11.8. The van der Waals surface area contributed by atoms with Gasteiger partial charge in [0.15, 0.2) is 0 Å². The van der Waals surface area contributed by atoms with Gasteiger partial charge in [0.25, 0.3) is 0 Å². The van der Waals surface area contributed by atoms with E-state index in [1.165, 1.54) is 31.3 Å². The molecule has 0 aliphatic heterocycles. The molecule has 0 saturated carbocycles. The van der Waals surface area contributed by atoms with E-state index in [4.69, 9.17) is 5.26 Å². The summed E-state index contributed by atoms with van der Waals surface area (Å²) >= 11 is 0. The van der Waals surface area contributed by atoms with Crippen LogP contribution in [0.1, 0.15) is 11.1 Å². The third kappa shape index (κ3) is 3.42. The van der Waals surface area contributed by atoms with Gasteiger partial charge in [-0.1, -0.05) is 18.2 Å².